The normalized spacial score (nSPS) is 12.0. The van der Waals surface area contributed by atoms with Crippen molar-refractivity contribution >= 4 is 27.5 Å². The molecule has 2 aromatic rings. The number of ether oxygens (including phenoxy) is 1. The maximum Gasteiger partial charge on any atom is 0.244 e. The molecule has 0 aliphatic rings. The highest BCUT2D eigenvalue weighted by molar-refractivity contribution is 7.92. The van der Waals surface area contributed by atoms with Crippen LogP contribution >= 0.6 is 0 Å². The molecule has 0 heterocycles. The molecule has 0 fully saturated rings. The largest absolute Gasteiger partial charge is 0.497 e. The number of rotatable bonds is 11. The maximum atomic E-state index is 13.6. The lowest BCUT2D eigenvalue weighted by Crippen LogP contribution is -2.52. The Morgan fingerprint density at radius 3 is 2.36 bits per heavy atom. The molecule has 0 aliphatic carbocycles. The summed E-state index contributed by atoms with van der Waals surface area (Å²) in [7, 11) is -2.20. The molecular formula is C24H33N3O5S. The Morgan fingerprint density at radius 2 is 1.79 bits per heavy atom. The van der Waals surface area contributed by atoms with Gasteiger partial charge < -0.3 is 15.0 Å². The number of amides is 2. The molecule has 2 aromatic carbocycles. The summed E-state index contributed by atoms with van der Waals surface area (Å²) >= 11 is 0. The Labute approximate surface area is 196 Å². The van der Waals surface area contributed by atoms with E-state index in [1.165, 1.54) is 4.90 Å². The Balaban J connectivity index is 2.46. The van der Waals surface area contributed by atoms with Gasteiger partial charge in [-0.3, -0.25) is 13.9 Å². The first-order chi connectivity index (χ1) is 15.6. The first-order valence-electron chi connectivity index (χ1n) is 10.9. The molecule has 1 atom stereocenters. The Bertz CT molecular complexity index is 1070. The minimum atomic E-state index is -3.75. The molecule has 33 heavy (non-hydrogen) atoms. The first kappa shape index (κ1) is 26.2. The molecule has 0 radical (unpaired) electrons. The monoisotopic (exact) mass is 475 g/mol. The molecule has 0 saturated carbocycles. The summed E-state index contributed by atoms with van der Waals surface area (Å²) in [5, 5.41) is 2.78. The van der Waals surface area contributed by atoms with Gasteiger partial charge in [-0.1, -0.05) is 37.3 Å². The quantitative estimate of drug-likeness (QED) is 0.539. The molecule has 2 amide bonds. The van der Waals surface area contributed by atoms with E-state index in [-0.39, 0.29) is 12.5 Å². The highest BCUT2D eigenvalue weighted by atomic mass is 32.2. The third-order valence-electron chi connectivity index (χ3n) is 5.29. The van der Waals surface area contributed by atoms with Gasteiger partial charge in [0.1, 0.15) is 18.3 Å². The number of sulfonamides is 1. The molecule has 1 unspecified atom stereocenters. The molecule has 0 spiro atoms. The number of hydrogen-bond donors (Lipinski definition) is 1. The van der Waals surface area contributed by atoms with Crippen LogP contribution in [0.5, 0.6) is 5.75 Å². The van der Waals surface area contributed by atoms with Crippen LogP contribution in [0.4, 0.5) is 5.69 Å². The summed E-state index contributed by atoms with van der Waals surface area (Å²) in [5.74, 6) is -0.119. The number of benzene rings is 2. The lowest BCUT2D eigenvalue weighted by molar-refractivity contribution is -0.140. The van der Waals surface area contributed by atoms with Crippen molar-refractivity contribution in [2.75, 3.05) is 30.8 Å². The van der Waals surface area contributed by atoms with Gasteiger partial charge in [-0.15, -0.1) is 0 Å². The average Bonchev–Trinajstić information content (AvgIpc) is 2.77. The van der Waals surface area contributed by atoms with Crippen molar-refractivity contribution < 1.29 is 22.7 Å². The number of hydrogen-bond acceptors (Lipinski definition) is 5. The van der Waals surface area contributed by atoms with E-state index >= 15 is 0 Å². The zero-order valence-corrected chi connectivity index (χ0v) is 20.7. The fraction of sp³-hybridized carbons (Fsp3) is 0.417. The molecule has 180 valence electrons. The SMILES string of the molecule is CCNC(=O)C(CC)N(Cc1cccc(OC)c1)C(=O)CN(c1ccccc1C)S(C)(=O)=O. The van der Waals surface area contributed by atoms with E-state index in [0.29, 0.717) is 24.4 Å². The van der Waals surface area contributed by atoms with Crippen LogP contribution in [0.3, 0.4) is 0 Å². The van der Waals surface area contributed by atoms with Gasteiger partial charge >= 0.3 is 0 Å². The highest BCUT2D eigenvalue weighted by Crippen LogP contribution is 2.23. The van der Waals surface area contributed by atoms with Crippen molar-refractivity contribution in [1.82, 2.24) is 10.2 Å². The third-order valence-corrected chi connectivity index (χ3v) is 6.41. The molecule has 8 nitrogen and oxygen atoms in total. The van der Waals surface area contributed by atoms with Crippen molar-refractivity contribution in [2.24, 2.45) is 0 Å². The fourth-order valence-corrected chi connectivity index (χ4v) is 4.52. The van der Waals surface area contributed by atoms with E-state index in [9.17, 15) is 18.0 Å². The van der Waals surface area contributed by atoms with Crippen LogP contribution in [0.25, 0.3) is 0 Å². The van der Waals surface area contributed by atoms with E-state index in [1.54, 1.807) is 56.5 Å². The van der Waals surface area contributed by atoms with E-state index in [0.717, 1.165) is 21.7 Å². The van der Waals surface area contributed by atoms with Crippen LogP contribution in [-0.2, 0) is 26.2 Å². The second-order valence-corrected chi connectivity index (χ2v) is 9.65. The molecule has 0 aromatic heterocycles. The Kier molecular flexibility index (Phi) is 9.28. The minimum Gasteiger partial charge on any atom is -0.497 e. The minimum absolute atomic E-state index is 0.136. The molecule has 0 aliphatic heterocycles. The number of anilines is 1. The Hall–Kier alpha value is -3.07. The topological polar surface area (TPSA) is 96.0 Å². The van der Waals surface area contributed by atoms with Gasteiger partial charge in [0.25, 0.3) is 0 Å². The summed E-state index contributed by atoms with van der Waals surface area (Å²) in [6.07, 6.45) is 1.45. The predicted molar refractivity (Wildman–Crippen MR) is 130 cm³/mol. The second-order valence-electron chi connectivity index (χ2n) is 7.75. The first-order valence-corrected chi connectivity index (χ1v) is 12.7. The standard InChI is InChI=1S/C24H33N3O5S/c1-6-21(24(29)25-7-2)26(16-19-12-10-13-20(15-19)32-4)23(28)17-27(33(5,30)31)22-14-9-8-11-18(22)3/h8-15,21H,6-7,16-17H2,1-5H3,(H,25,29). The van der Waals surface area contributed by atoms with Crippen LogP contribution in [0, 0.1) is 6.92 Å². The molecule has 1 N–H and O–H groups in total. The van der Waals surface area contributed by atoms with Gasteiger partial charge in [-0.2, -0.15) is 0 Å². The van der Waals surface area contributed by atoms with Crippen LogP contribution in [0.15, 0.2) is 48.5 Å². The lowest BCUT2D eigenvalue weighted by atomic mass is 10.1. The summed E-state index contributed by atoms with van der Waals surface area (Å²) in [4.78, 5) is 27.8. The lowest BCUT2D eigenvalue weighted by Gasteiger charge is -2.33. The number of carbonyl (C=O) groups excluding carboxylic acids is 2. The van der Waals surface area contributed by atoms with Crippen LogP contribution in [0.1, 0.15) is 31.4 Å². The maximum absolute atomic E-state index is 13.6. The molecule has 9 heteroatoms. The van der Waals surface area contributed by atoms with E-state index in [1.807, 2.05) is 19.9 Å². The van der Waals surface area contributed by atoms with E-state index in [4.69, 9.17) is 4.74 Å². The number of likely N-dealkylation sites (N-methyl/N-ethyl adjacent to an activating group) is 1. The zero-order valence-electron chi connectivity index (χ0n) is 19.9. The van der Waals surface area contributed by atoms with Crippen molar-refractivity contribution in [2.45, 2.75) is 39.8 Å². The number of nitrogens with one attached hydrogen (secondary N) is 1. The predicted octanol–water partition coefficient (Wildman–Crippen LogP) is 2.71. The second kappa shape index (κ2) is 11.7. The van der Waals surface area contributed by atoms with Crippen LogP contribution in [0.2, 0.25) is 0 Å². The number of nitrogens with zero attached hydrogens (tertiary/aromatic N) is 2. The van der Waals surface area contributed by atoms with Crippen LogP contribution in [-0.4, -0.2) is 57.6 Å². The van der Waals surface area contributed by atoms with Crippen molar-refractivity contribution in [3.05, 3.63) is 59.7 Å². The van der Waals surface area contributed by atoms with Gasteiger partial charge in [0, 0.05) is 13.1 Å². The Morgan fingerprint density at radius 1 is 1.09 bits per heavy atom. The van der Waals surface area contributed by atoms with Crippen molar-refractivity contribution in [1.29, 1.82) is 0 Å². The molecule has 2 rings (SSSR count). The summed E-state index contributed by atoms with van der Waals surface area (Å²) in [6, 6.07) is 13.5. The average molecular weight is 476 g/mol. The number of aryl methyl sites for hydroxylation is 1. The molecule has 0 saturated heterocycles. The highest BCUT2D eigenvalue weighted by Gasteiger charge is 2.31. The summed E-state index contributed by atoms with van der Waals surface area (Å²) in [5.41, 5.74) is 1.93. The van der Waals surface area contributed by atoms with Gasteiger partial charge in [0.05, 0.1) is 19.1 Å². The summed E-state index contributed by atoms with van der Waals surface area (Å²) < 4.78 is 31.6. The number of para-hydroxylation sites is 1. The molecule has 0 bridgehead atoms. The van der Waals surface area contributed by atoms with Crippen molar-refractivity contribution in [3.8, 4) is 5.75 Å². The van der Waals surface area contributed by atoms with E-state index in [2.05, 4.69) is 5.32 Å². The fourth-order valence-electron chi connectivity index (χ4n) is 3.62. The third kappa shape index (κ3) is 6.95. The van der Waals surface area contributed by atoms with Gasteiger partial charge in [-0.25, -0.2) is 8.42 Å². The van der Waals surface area contributed by atoms with E-state index < -0.39 is 28.5 Å². The van der Waals surface area contributed by atoms with Gasteiger partial charge in [0.15, 0.2) is 0 Å². The zero-order chi connectivity index (χ0) is 24.6. The van der Waals surface area contributed by atoms with Crippen molar-refractivity contribution in [3.63, 3.8) is 0 Å². The number of methoxy groups -OCH3 is 1. The molecular weight excluding hydrogens is 442 g/mol. The van der Waals surface area contributed by atoms with Gasteiger partial charge in [0.2, 0.25) is 21.8 Å². The smallest absolute Gasteiger partial charge is 0.244 e. The van der Waals surface area contributed by atoms with Gasteiger partial charge in [-0.05, 0) is 49.6 Å². The number of carbonyl (C=O) groups is 2. The summed E-state index contributed by atoms with van der Waals surface area (Å²) in [6.45, 7) is 5.56. The van der Waals surface area contributed by atoms with Crippen LogP contribution < -0.4 is 14.4 Å².